The van der Waals surface area contributed by atoms with Crippen LogP contribution in [0.4, 0.5) is 0 Å². The molecule has 0 bridgehead atoms. The number of hydrogen-bond donors (Lipinski definition) is 0. The molecule has 1 aliphatic rings. The first-order chi connectivity index (χ1) is 15.1. The number of benzene rings is 1. The maximum Gasteiger partial charge on any atom is 0.133 e. The first kappa shape index (κ1) is 25.3. The molecule has 0 aliphatic carbocycles. The molecule has 0 radical (unpaired) electrons. The van der Waals surface area contributed by atoms with Crippen LogP contribution in [0.15, 0.2) is 24.3 Å². The van der Waals surface area contributed by atoms with Gasteiger partial charge in [-0.15, -0.1) is 0 Å². The van der Waals surface area contributed by atoms with E-state index in [-0.39, 0.29) is 6.04 Å². The van der Waals surface area contributed by atoms with Gasteiger partial charge in [0.15, 0.2) is 0 Å². The molecule has 1 aliphatic heterocycles. The highest BCUT2D eigenvalue weighted by molar-refractivity contribution is 5.53. The van der Waals surface area contributed by atoms with E-state index in [0.717, 1.165) is 77.6 Å². The van der Waals surface area contributed by atoms with Gasteiger partial charge < -0.3 is 19.3 Å². The van der Waals surface area contributed by atoms with Gasteiger partial charge in [0.05, 0.1) is 19.6 Å². The fraction of sp³-hybridized carbons (Fsp3) is 0.625. The molecule has 1 heterocycles. The highest BCUT2D eigenvalue weighted by Crippen LogP contribution is 2.13. The van der Waals surface area contributed by atoms with Gasteiger partial charge in [-0.05, 0) is 25.5 Å². The third-order valence-corrected chi connectivity index (χ3v) is 6.17. The fourth-order valence-corrected chi connectivity index (χ4v) is 4.14. The van der Waals surface area contributed by atoms with Gasteiger partial charge in [-0.25, -0.2) is 0 Å². The summed E-state index contributed by atoms with van der Waals surface area (Å²) in [6, 6.07) is 8.81. The van der Waals surface area contributed by atoms with Crippen LogP contribution in [0, 0.1) is 6.92 Å². The minimum Gasteiger partial charge on any atom is -0.302 e. The number of carbonyl (C=O) groups is 3. The maximum absolute atomic E-state index is 11.5. The number of likely N-dealkylation sites (N-methyl/N-ethyl adjacent to an activating group) is 1. The molecule has 2 rings (SSSR count). The van der Waals surface area contributed by atoms with E-state index in [1.165, 1.54) is 11.1 Å². The first-order valence-electron chi connectivity index (χ1n) is 11.4. The Bertz CT molecular complexity index is 667. The number of aryl methyl sites for hydroxylation is 1. The van der Waals surface area contributed by atoms with Crippen LogP contribution >= 0.6 is 0 Å². The minimum atomic E-state index is 0.199. The first-order valence-corrected chi connectivity index (χ1v) is 11.4. The standard InChI is InChI=1S/C24H38N4O3/c1-3-25-8-9-26(14-17-29)10-11-27(15-18-30)12-13-28(16-19-31)24(21-25)20-23-6-4-22(2)5-7-23/h4-7,17-19,24H,3,8-16,20-21H2,1-2H3. The summed E-state index contributed by atoms with van der Waals surface area (Å²) in [5.41, 5.74) is 2.50. The summed E-state index contributed by atoms with van der Waals surface area (Å²) >= 11 is 0. The van der Waals surface area contributed by atoms with E-state index < -0.39 is 0 Å². The molecule has 172 valence electrons. The van der Waals surface area contributed by atoms with Crippen molar-refractivity contribution in [1.29, 1.82) is 0 Å². The lowest BCUT2D eigenvalue weighted by molar-refractivity contribution is -0.111. The van der Waals surface area contributed by atoms with Crippen molar-refractivity contribution < 1.29 is 14.4 Å². The Kier molecular flexibility index (Phi) is 11.6. The Morgan fingerprint density at radius 2 is 1.29 bits per heavy atom. The lowest BCUT2D eigenvalue weighted by atomic mass is 10.0. The number of hydrogen-bond acceptors (Lipinski definition) is 7. The van der Waals surface area contributed by atoms with E-state index in [0.29, 0.717) is 19.6 Å². The van der Waals surface area contributed by atoms with Crippen molar-refractivity contribution >= 4 is 18.9 Å². The SMILES string of the molecule is CCN1CCN(CC=O)CCN(CC=O)CCN(CC=O)C(Cc2ccc(C)cc2)C1. The molecule has 0 aromatic heterocycles. The molecular weight excluding hydrogens is 392 g/mol. The number of rotatable bonds is 9. The van der Waals surface area contributed by atoms with Gasteiger partial charge in [0, 0.05) is 51.9 Å². The molecule has 0 saturated carbocycles. The van der Waals surface area contributed by atoms with Crippen LogP contribution in [-0.2, 0) is 20.8 Å². The molecule has 0 N–H and O–H groups in total. The van der Waals surface area contributed by atoms with Crippen molar-refractivity contribution in [3.8, 4) is 0 Å². The predicted octanol–water partition coefficient (Wildman–Crippen LogP) is 0.744. The predicted molar refractivity (Wildman–Crippen MR) is 123 cm³/mol. The maximum atomic E-state index is 11.5. The molecule has 1 unspecified atom stereocenters. The molecule has 0 spiro atoms. The Balaban J connectivity index is 2.24. The van der Waals surface area contributed by atoms with E-state index in [1.54, 1.807) is 0 Å². The van der Waals surface area contributed by atoms with Gasteiger partial charge in [-0.3, -0.25) is 14.7 Å². The molecule has 1 atom stereocenters. The Morgan fingerprint density at radius 3 is 1.81 bits per heavy atom. The van der Waals surface area contributed by atoms with Crippen LogP contribution in [0.5, 0.6) is 0 Å². The second-order valence-corrected chi connectivity index (χ2v) is 8.33. The van der Waals surface area contributed by atoms with E-state index in [2.05, 4.69) is 57.7 Å². The summed E-state index contributed by atoms with van der Waals surface area (Å²) in [5.74, 6) is 0. The van der Waals surface area contributed by atoms with Crippen molar-refractivity contribution in [1.82, 2.24) is 19.6 Å². The van der Waals surface area contributed by atoms with Crippen LogP contribution < -0.4 is 0 Å². The lowest BCUT2D eigenvalue weighted by Crippen LogP contribution is -2.51. The average Bonchev–Trinajstić information content (AvgIpc) is 2.77. The second-order valence-electron chi connectivity index (χ2n) is 8.33. The van der Waals surface area contributed by atoms with Crippen molar-refractivity contribution in [2.45, 2.75) is 26.3 Å². The van der Waals surface area contributed by atoms with Crippen LogP contribution in [-0.4, -0.2) is 116 Å². The van der Waals surface area contributed by atoms with E-state index in [4.69, 9.17) is 0 Å². The largest absolute Gasteiger partial charge is 0.302 e. The molecule has 1 fully saturated rings. The fourth-order valence-electron chi connectivity index (χ4n) is 4.14. The van der Waals surface area contributed by atoms with Gasteiger partial charge in [0.25, 0.3) is 0 Å². The summed E-state index contributed by atoms with van der Waals surface area (Å²) in [5, 5.41) is 0. The quantitative estimate of drug-likeness (QED) is 0.536. The minimum absolute atomic E-state index is 0.199. The lowest BCUT2D eigenvalue weighted by Gasteiger charge is -2.37. The van der Waals surface area contributed by atoms with Gasteiger partial charge in [-0.2, -0.15) is 0 Å². The molecule has 7 heteroatoms. The molecular formula is C24H38N4O3. The van der Waals surface area contributed by atoms with Gasteiger partial charge >= 0.3 is 0 Å². The highest BCUT2D eigenvalue weighted by Gasteiger charge is 2.23. The zero-order valence-electron chi connectivity index (χ0n) is 19.1. The summed E-state index contributed by atoms with van der Waals surface area (Å²) < 4.78 is 0. The summed E-state index contributed by atoms with van der Waals surface area (Å²) in [7, 11) is 0. The van der Waals surface area contributed by atoms with Crippen molar-refractivity contribution in [2.24, 2.45) is 0 Å². The second kappa shape index (κ2) is 14.2. The summed E-state index contributed by atoms with van der Waals surface area (Å²) in [4.78, 5) is 42.8. The molecule has 1 saturated heterocycles. The Hall–Kier alpha value is -1.93. The van der Waals surface area contributed by atoms with Crippen LogP contribution in [0.2, 0.25) is 0 Å². The average molecular weight is 431 g/mol. The van der Waals surface area contributed by atoms with Crippen LogP contribution in [0.1, 0.15) is 18.1 Å². The molecule has 1 aromatic carbocycles. The van der Waals surface area contributed by atoms with Gasteiger partial charge in [0.1, 0.15) is 18.9 Å². The monoisotopic (exact) mass is 430 g/mol. The van der Waals surface area contributed by atoms with E-state index >= 15 is 0 Å². The smallest absolute Gasteiger partial charge is 0.133 e. The van der Waals surface area contributed by atoms with Crippen LogP contribution in [0.3, 0.4) is 0 Å². The third-order valence-electron chi connectivity index (χ3n) is 6.17. The van der Waals surface area contributed by atoms with E-state index in [1.807, 2.05) is 0 Å². The van der Waals surface area contributed by atoms with Crippen molar-refractivity contribution in [3.63, 3.8) is 0 Å². The normalized spacial score (nSPS) is 21.2. The van der Waals surface area contributed by atoms with Gasteiger partial charge in [0.2, 0.25) is 0 Å². The zero-order chi connectivity index (χ0) is 22.5. The number of aldehydes is 3. The van der Waals surface area contributed by atoms with Crippen molar-refractivity contribution in [3.05, 3.63) is 35.4 Å². The van der Waals surface area contributed by atoms with Gasteiger partial charge in [-0.1, -0.05) is 36.8 Å². The zero-order valence-corrected chi connectivity index (χ0v) is 19.1. The van der Waals surface area contributed by atoms with E-state index in [9.17, 15) is 14.4 Å². The van der Waals surface area contributed by atoms with Crippen LogP contribution in [0.25, 0.3) is 0 Å². The number of carbonyl (C=O) groups excluding carboxylic acids is 3. The third kappa shape index (κ3) is 8.99. The summed E-state index contributed by atoms with van der Waals surface area (Å²) in [6.07, 6.45) is 3.75. The highest BCUT2D eigenvalue weighted by atomic mass is 16.1. The topological polar surface area (TPSA) is 64.2 Å². The summed E-state index contributed by atoms with van der Waals surface area (Å²) in [6.45, 7) is 11.8. The Morgan fingerprint density at radius 1 is 0.774 bits per heavy atom. The Labute approximate surface area is 187 Å². The molecule has 0 amide bonds. The molecule has 31 heavy (non-hydrogen) atoms. The number of nitrogens with zero attached hydrogens (tertiary/aromatic N) is 4. The molecule has 1 aromatic rings. The van der Waals surface area contributed by atoms with Crippen molar-refractivity contribution in [2.75, 3.05) is 72.0 Å². The molecule has 7 nitrogen and oxygen atoms in total.